The van der Waals surface area contributed by atoms with Gasteiger partial charge in [0.2, 0.25) is 11.1 Å². The molecule has 0 aliphatic rings. The highest BCUT2D eigenvalue weighted by Crippen LogP contribution is 2.21. The van der Waals surface area contributed by atoms with Crippen LogP contribution in [-0.4, -0.2) is 33.4 Å². The number of rotatable bonds is 7. The van der Waals surface area contributed by atoms with Crippen LogP contribution in [0.5, 0.6) is 0 Å². The molecule has 118 valence electrons. The molecule has 0 spiro atoms. The molecule has 22 heavy (non-hydrogen) atoms. The first kappa shape index (κ1) is 17.1. The molecule has 0 bridgehead atoms. The van der Waals surface area contributed by atoms with Gasteiger partial charge in [0.15, 0.2) is 0 Å². The SMILES string of the molecule is CCc1nc(SCC(=O)NCCc2ccc(Cl)cc2Cl)n[nH]1. The van der Waals surface area contributed by atoms with Crippen molar-refractivity contribution in [3.8, 4) is 0 Å². The van der Waals surface area contributed by atoms with Gasteiger partial charge in [0.25, 0.3) is 0 Å². The third-order valence-electron chi connectivity index (χ3n) is 2.91. The van der Waals surface area contributed by atoms with Gasteiger partial charge >= 0.3 is 0 Å². The van der Waals surface area contributed by atoms with Gasteiger partial charge in [0.1, 0.15) is 5.82 Å². The maximum absolute atomic E-state index is 11.8. The number of thioether (sulfide) groups is 1. The second kappa shape index (κ2) is 8.41. The summed E-state index contributed by atoms with van der Waals surface area (Å²) in [5, 5.41) is 11.5. The maximum atomic E-state index is 11.8. The third-order valence-corrected chi connectivity index (χ3v) is 4.34. The van der Waals surface area contributed by atoms with Crippen molar-refractivity contribution in [2.24, 2.45) is 0 Å². The van der Waals surface area contributed by atoms with Crippen LogP contribution in [0, 0.1) is 0 Å². The quantitative estimate of drug-likeness (QED) is 0.746. The monoisotopic (exact) mass is 358 g/mol. The fraction of sp³-hybridized carbons (Fsp3) is 0.357. The summed E-state index contributed by atoms with van der Waals surface area (Å²) in [6.07, 6.45) is 1.45. The van der Waals surface area contributed by atoms with E-state index in [1.165, 1.54) is 11.8 Å². The van der Waals surface area contributed by atoms with Crippen molar-refractivity contribution in [2.45, 2.75) is 24.9 Å². The zero-order valence-electron chi connectivity index (χ0n) is 12.0. The van der Waals surface area contributed by atoms with Crippen molar-refractivity contribution in [1.82, 2.24) is 20.5 Å². The first-order chi connectivity index (χ1) is 10.6. The lowest BCUT2D eigenvalue weighted by molar-refractivity contribution is -0.118. The molecule has 0 atom stereocenters. The molecule has 0 radical (unpaired) electrons. The van der Waals surface area contributed by atoms with Gasteiger partial charge in [0, 0.05) is 23.0 Å². The molecule has 2 rings (SSSR count). The Morgan fingerprint density at radius 3 is 2.91 bits per heavy atom. The largest absolute Gasteiger partial charge is 0.355 e. The number of amides is 1. The number of H-pyrrole nitrogens is 1. The molecule has 1 heterocycles. The number of aryl methyl sites for hydroxylation is 1. The average Bonchev–Trinajstić information content (AvgIpc) is 2.95. The Labute approximate surface area is 143 Å². The lowest BCUT2D eigenvalue weighted by atomic mass is 10.1. The zero-order chi connectivity index (χ0) is 15.9. The molecular weight excluding hydrogens is 343 g/mol. The highest BCUT2D eigenvalue weighted by atomic mass is 35.5. The van der Waals surface area contributed by atoms with E-state index in [4.69, 9.17) is 23.2 Å². The van der Waals surface area contributed by atoms with E-state index in [0.717, 1.165) is 17.8 Å². The van der Waals surface area contributed by atoms with Gasteiger partial charge in [0.05, 0.1) is 5.75 Å². The smallest absolute Gasteiger partial charge is 0.230 e. The van der Waals surface area contributed by atoms with E-state index in [2.05, 4.69) is 20.5 Å². The lowest BCUT2D eigenvalue weighted by Crippen LogP contribution is -2.27. The average molecular weight is 359 g/mol. The Balaban J connectivity index is 1.71. The van der Waals surface area contributed by atoms with E-state index in [0.29, 0.717) is 28.2 Å². The topological polar surface area (TPSA) is 70.7 Å². The van der Waals surface area contributed by atoms with Crippen LogP contribution >= 0.6 is 35.0 Å². The summed E-state index contributed by atoms with van der Waals surface area (Å²) in [5.41, 5.74) is 0.959. The van der Waals surface area contributed by atoms with Crippen LogP contribution in [0.4, 0.5) is 0 Å². The van der Waals surface area contributed by atoms with E-state index in [1.54, 1.807) is 12.1 Å². The number of carbonyl (C=O) groups excluding carboxylic acids is 1. The van der Waals surface area contributed by atoms with Gasteiger partial charge in [-0.05, 0) is 24.1 Å². The predicted octanol–water partition coefficient (Wildman–Crippen LogP) is 3.12. The molecule has 0 unspecified atom stereocenters. The van der Waals surface area contributed by atoms with E-state index in [1.807, 2.05) is 13.0 Å². The van der Waals surface area contributed by atoms with Crippen molar-refractivity contribution >= 4 is 40.9 Å². The Kier molecular flexibility index (Phi) is 6.54. The van der Waals surface area contributed by atoms with Crippen molar-refractivity contribution in [3.05, 3.63) is 39.6 Å². The van der Waals surface area contributed by atoms with Crippen LogP contribution < -0.4 is 5.32 Å². The fourth-order valence-corrected chi connectivity index (χ4v) is 2.89. The second-order valence-electron chi connectivity index (χ2n) is 4.54. The lowest BCUT2D eigenvalue weighted by Gasteiger charge is -2.06. The molecule has 8 heteroatoms. The van der Waals surface area contributed by atoms with E-state index < -0.39 is 0 Å². The molecule has 1 amide bonds. The van der Waals surface area contributed by atoms with E-state index in [9.17, 15) is 4.79 Å². The molecule has 1 aromatic carbocycles. The van der Waals surface area contributed by atoms with Crippen molar-refractivity contribution in [3.63, 3.8) is 0 Å². The number of halogens is 2. The van der Waals surface area contributed by atoms with Crippen LogP contribution in [0.15, 0.2) is 23.4 Å². The van der Waals surface area contributed by atoms with Crippen molar-refractivity contribution in [2.75, 3.05) is 12.3 Å². The minimum Gasteiger partial charge on any atom is -0.355 e. The number of hydrogen-bond acceptors (Lipinski definition) is 4. The Bertz CT molecular complexity index is 648. The maximum Gasteiger partial charge on any atom is 0.230 e. The molecule has 0 fully saturated rings. The van der Waals surface area contributed by atoms with Crippen LogP contribution in [-0.2, 0) is 17.6 Å². The van der Waals surface area contributed by atoms with Crippen LogP contribution in [0.1, 0.15) is 18.3 Å². The second-order valence-corrected chi connectivity index (χ2v) is 6.33. The van der Waals surface area contributed by atoms with Crippen LogP contribution in [0.3, 0.4) is 0 Å². The molecule has 2 N–H and O–H groups in total. The summed E-state index contributed by atoms with van der Waals surface area (Å²) >= 11 is 13.2. The van der Waals surface area contributed by atoms with E-state index >= 15 is 0 Å². The van der Waals surface area contributed by atoms with Crippen LogP contribution in [0.25, 0.3) is 0 Å². The number of aromatic amines is 1. The fourth-order valence-electron chi connectivity index (χ4n) is 1.74. The zero-order valence-corrected chi connectivity index (χ0v) is 14.4. The summed E-state index contributed by atoms with van der Waals surface area (Å²) in [6.45, 7) is 2.51. The number of nitrogens with zero attached hydrogens (tertiary/aromatic N) is 2. The molecule has 5 nitrogen and oxygen atoms in total. The molecule has 0 aliphatic carbocycles. The predicted molar refractivity (Wildman–Crippen MR) is 89.7 cm³/mol. The van der Waals surface area contributed by atoms with Gasteiger partial charge in [-0.1, -0.05) is 48.0 Å². The Morgan fingerprint density at radius 2 is 2.23 bits per heavy atom. The van der Waals surface area contributed by atoms with Gasteiger partial charge in [-0.3, -0.25) is 9.89 Å². The standard InChI is InChI=1S/C14H16Cl2N4OS/c1-2-12-18-14(20-19-12)22-8-13(21)17-6-5-9-3-4-10(15)7-11(9)16/h3-4,7H,2,5-6,8H2,1H3,(H,17,21)(H,18,19,20). The summed E-state index contributed by atoms with van der Waals surface area (Å²) in [4.78, 5) is 16.0. The van der Waals surface area contributed by atoms with Gasteiger partial charge in [-0.15, -0.1) is 5.10 Å². The number of benzene rings is 1. The summed E-state index contributed by atoms with van der Waals surface area (Å²) < 4.78 is 0. The molecular formula is C14H16Cl2N4OS. The highest BCUT2D eigenvalue weighted by Gasteiger charge is 2.07. The van der Waals surface area contributed by atoms with Crippen molar-refractivity contribution in [1.29, 1.82) is 0 Å². The Morgan fingerprint density at radius 1 is 1.41 bits per heavy atom. The molecule has 0 saturated heterocycles. The molecule has 0 saturated carbocycles. The normalized spacial score (nSPS) is 10.7. The Hall–Kier alpha value is -1.24. The third kappa shape index (κ3) is 5.19. The van der Waals surface area contributed by atoms with E-state index in [-0.39, 0.29) is 11.7 Å². The summed E-state index contributed by atoms with van der Waals surface area (Å²) in [7, 11) is 0. The van der Waals surface area contributed by atoms with Gasteiger partial charge in [-0.2, -0.15) is 0 Å². The number of hydrogen-bond donors (Lipinski definition) is 2. The molecule has 1 aromatic heterocycles. The minimum atomic E-state index is -0.0575. The molecule has 0 aliphatic heterocycles. The highest BCUT2D eigenvalue weighted by molar-refractivity contribution is 7.99. The number of carbonyl (C=O) groups is 1. The first-order valence-electron chi connectivity index (χ1n) is 6.83. The van der Waals surface area contributed by atoms with Crippen LogP contribution in [0.2, 0.25) is 10.0 Å². The molecule has 2 aromatic rings. The number of nitrogens with one attached hydrogen (secondary N) is 2. The van der Waals surface area contributed by atoms with Gasteiger partial charge < -0.3 is 5.32 Å². The summed E-state index contributed by atoms with van der Waals surface area (Å²) in [6, 6.07) is 5.35. The van der Waals surface area contributed by atoms with Crippen molar-refractivity contribution < 1.29 is 4.79 Å². The summed E-state index contributed by atoms with van der Waals surface area (Å²) in [5.74, 6) is 1.05. The minimum absolute atomic E-state index is 0.0575. The van der Waals surface area contributed by atoms with Gasteiger partial charge in [-0.25, -0.2) is 4.98 Å². The number of aromatic nitrogens is 3. The first-order valence-corrected chi connectivity index (χ1v) is 8.57.